The number of nitrogens with one attached hydrogen (secondary N) is 1. The summed E-state index contributed by atoms with van der Waals surface area (Å²) >= 11 is 0. The van der Waals surface area contributed by atoms with Gasteiger partial charge in [0.15, 0.2) is 0 Å². The molecule has 2 fully saturated rings. The van der Waals surface area contributed by atoms with Gasteiger partial charge >= 0.3 is 6.03 Å². The molecule has 0 aromatic carbocycles. The normalized spacial score (nSPS) is 28.7. The molecule has 1 N–H and O–H groups in total. The zero-order valence-electron chi connectivity index (χ0n) is 9.69. The van der Waals surface area contributed by atoms with Crippen molar-refractivity contribution in [3.63, 3.8) is 0 Å². The molecule has 2 bridgehead atoms. The lowest BCUT2D eigenvalue weighted by Gasteiger charge is -2.26. The van der Waals surface area contributed by atoms with E-state index in [0.717, 1.165) is 25.7 Å². The summed E-state index contributed by atoms with van der Waals surface area (Å²) in [6.07, 6.45) is 5.23. The summed E-state index contributed by atoms with van der Waals surface area (Å²) in [4.78, 5) is 19.2. The summed E-state index contributed by atoms with van der Waals surface area (Å²) in [6.45, 7) is 3.43. The average Bonchev–Trinajstić information content (AvgIpc) is 2.55. The lowest BCUT2D eigenvalue weighted by Crippen LogP contribution is -2.40. The van der Waals surface area contributed by atoms with E-state index in [4.69, 9.17) is 10.2 Å². The van der Waals surface area contributed by atoms with Crippen LogP contribution in [-0.4, -0.2) is 47.4 Å². The van der Waals surface area contributed by atoms with Gasteiger partial charge in [0.05, 0.1) is 18.7 Å². The van der Waals surface area contributed by atoms with Crippen molar-refractivity contribution in [3.8, 4) is 0 Å². The smallest absolute Gasteiger partial charge is 0.313 e. The zero-order valence-corrected chi connectivity index (χ0v) is 9.69. The van der Waals surface area contributed by atoms with Crippen LogP contribution in [0.4, 0.5) is 4.79 Å². The number of rotatable bonds is 5. The Balaban J connectivity index is 1.96. The SMILES string of the molecule is CCCCON1C(=O)N2C[C@@H]1CC[C@H]2C=N. The molecule has 0 aliphatic carbocycles. The van der Waals surface area contributed by atoms with E-state index in [-0.39, 0.29) is 18.1 Å². The van der Waals surface area contributed by atoms with E-state index in [1.54, 1.807) is 4.90 Å². The summed E-state index contributed by atoms with van der Waals surface area (Å²) in [5.74, 6) is 0. The van der Waals surface area contributed by atoms with Gasteiger partial charge in [-0.05, 0) is 19.3 Å². The molecule has 0 spiro atoms. The standard InChI is InChI=1S/C11H19N3O2/c1-2-3-6-16-14-10-5-4-9(7-12)13(8-10)11(14)15/h7,9-10,12H,2-6,8H2,1H3/t9-,10-/m0/s1. The number of hydroxylamine groups is 2. The lowest BCUT2D eigenvalue weighted by molar-refractivity contribution is -0.130. The molecule has 16 heavy (non-hydrogen) atoms. The van der Waals surface area contributed by atoms with Crippen molar-refractivity contribution in [1.82, 2.24) is 9.96 Å². The van der Waals surface area contributed by atoms with Crippen molar-refractivity contribution in [3.05, 3.63) is 0 Å². The lowest BCUT2D eigenvalue weighted by atomic mass is 10.0. The third kappa shape index (κ3) is 1.91. The summed E-state index contributed by atoms with van der Waals surface area (Å²) in [7, 11) is 0. The first-order chi connectivity index (χ1) is 7.77. The summed E-state index contributed by atoms with van der Waals surface area (Å²) in [5.41, 5.74) is 0. The maximum Gasteiger partial charge on any atom is 0.344 e. The third-order valence-electron chi connectivity index (χ3n) is 3.29. The number of unbranched alkanes of at least 4 members (excludes halogenated alkanes) is 1. The number of amides is 2. The minimum atomic E-state index is -0.0629. The average molecular weight is 225 g/mol. The van der Waals surface area contributed by atoms with Crippen LogP contribution in [0, 0.1) is 5.41 Å². The number of carbonyl (C=O) groups excluding carboxylic acids is 1. The van der Waals surface area contributed by atoms with Gasteiger partial charge in [0.2, 0.25) is 0 Å². The highest BCUT2D eigenvalue weighted by Crippen LogP contribution is 2.29. The second-order valence-electron chi connectivity index (χ2n) is 4.41. The van der Waals surface area contributed by atoms with E-state index >= 15 is 0 Å². The topological polar surface area (TPSA) is 56.6 Å². The van der Waals surface area contributed by atoms with Gasteiger partial charge in [-0.1, -0.05) is 13.3 Å². The van der Waals surface area contributed by atoms with Crippen molar-refractivity contribution in [2.75, 3.05) is 13.2 Å². The molecular formula is C11H19N3O2. The van der Waals surface area contributed by atoms with Crippen LogP contribution in [-0.2, 0) is 4.84 Å². The van der Waals surface area contributed by atoms with E-state index < -0.39 is 0 Å². The molecular weight excluding hydrogens is 206 g/mol. The van der Waals surface area contributed by atoms with Crippen LogP contribution in [0.25, 0.3) is 0 Å². The fourth-order valence-corrected chi connectivity index (χ4v) is 2.31. The molecule has 5 nitrogen and oxygen atoms in total. The third-order valence-corrected chi connectivity index (χ3v) is 3.29. The first kappa shape index (κ1) is 11.4. The predicted octanol–water partition coefficient (Wildman–Crippen LogP) is 1.64. The highest BCUT2D eigenvalue weighted by molar-refractivity contribution is 5.81. The van der Waals surface area contributed by atoms with Crippen molar-refractivity contribution >= 4 is 12.2 Å². The molecule has 0 aromatic heterocycles. The largest absolute Gasteiger partial charge is 0.344 e. The van der Waals surface area contributed by atoms with E-state index in [2.05, 4.69) is 6.92 Å². The van der Waals surface area contributed by atoms with Gasteiger partial charge in [-0.25, -0.2) is 4.79 Å². The van der Waals surface area contributed by atoms with Gasteiger partial charge in [0.1, 0.15) is 0 Å². The molecule has 0 saturated carbocycles. The first-order valence-electron chi connectivity index (χ1n) is 6.01. The minimum absolute atomic E-state index is 0.0245. The Morgan fingerprint density at radius 3 is 3.06 bits per heavy atom. The molecule has 2 heterocycles. The molecule has 0 aromatic rings. The summed E-state index contributed by atoms with van der Waals surface area (Å²) in [5, 5.41) is 8.82. The van der Waals surface area contributed by atoms with Gasteiger partial charge in [-0.2, -0.15) is 5.06 Å². The monoisotopic (exact) mass is 225 g/mol. The summed E-state index contributed by atoms with van der Waals surface area (Å²) in [6, 6.07) is 0.108. The van der Waals surface area contributed by atoms with Crippen LogP contribution < -0.4 is 0 Å². The molecule has 2 aliphatic heterocycles. The zero-order chi connectivity index (χ0) is 11.5. The Kier molecular flexibility index (Phi) is 3.43. The van der Waals surface area contributed by atoms with Crippen LogP contribution in [0.2, 0.25) is 0 Å². The fraction of sp³-hybridized carbons (Fsp3) is 0.818. The number of piperidine rings is 1. The Bertz CT molecular complexity index is 282. The number of hydrogen-bond donors (Lipinski definition) is 1. The number of hydrogen-bond acceptors (Lipinski definition) is 3. The fourth-order valence-electron chi connectivity index (χ4n) is 2.31. The Hall–Kier alpha value is -1.10. The summed E-state index contributed by atoms with van der Waals surface area (Å²) < 4.78 is 0. The van der Waals surface area contributed by atoms with Gasteiger partial charge in [0.25, 0.3) is 0 Å². The van der Waals surface area contributed by atoms with Gasteiger partial charge in [-0.3, -0.25) is 4.84 Å². The van der Waals surface area contributed by atoms with Crippen LogP contribution in [0.1, 0.15) is 32.6 Å². The second kappa shape index (κ2) is 4.82. The van der Waals surface area contributed by atoms with Crippen molar-refractivity contribution in [2.24, 2.45) is 0 Å². The van der Waals surface area contributed by atoms with Gasteiger partial charge < -0.3 is 10.3 Å². The number of carbonyl (C=O) groups is 1. The van der Waals surface area contributed by atoms with E-state index in [1.807, 2.05) is 0 Å². The maximum atomic E-state index is 12.0. The van der Waals surface area contributed by atoms with E-state index in [0.29, 0.717) is 13.2 Å². The van der Waals surface area contributed by atoms with Crippen molar-refractivity contribution in [2.45, 2.75) is 44.7 Å². The van der Waals surface area contributed by atoms with Crippen LogP contribution in [0.15, 0.2) is 0 Å². The number of urea groups is 1. The predicted molar refractivity (Wildman–Crippen MR) is 60.4 cm³/mol. The van der Waals surface area contributed by atoms with E-state index in [1.165, 1.54) is 11.3 Å². The molecule has 2 rings (SSSR count). The van der Waals surface area contributed by atoms with Gasteiger partial charge in [0, 0.05) is 12.8 Å². The molecule has 2 atom stereocenters. The second-order valence-corrected chi connectivity index (χ2v) is 4.41. The highest BCUT2D eigenvalue weighted by Gasteiger charge is 2.44. The molecule has 2 amide bonds. The quantitative estimate of drug-likeness (QED) is 0.571. The molecule has 5 heteroatoms. The molecule has 0 radical (unpaired) electrons. The Labute approximate surface area is 95.8 Å². The van der Waals surface area contributed by atoms with Crippen LogP contribution >= 0.6 is 0 Å². The van der Waals surface area contributed by atoms with Gasteiger partial charge in [-0.15, -0.1) is 0 Å². The van der Waals surface area contributed by atoms with E-state index in [9.17, 15) is 4.79 Å². The highest BCUT2D eigenvalue weighted by atomic mass is 16.7. The first-order valence-corrected chi connectivity index (χ1v) is 6.01. The molecule has 2 saturated heterocycles. The van der Waals surface area contributed by atoms with Crippen molar-refractivity contribution in [1.29, 1.82) is 5.41 Å². The Morgan fingerprint density at radius 1 is 1.56 bits per heavy atom. The maximum absolute atomic E-state index is 12.0. The number of fused-ring (bicyclic) bond motifs is 2. The number of nitrogens with zero attached hydrogens (tertiary/aromatic N) is 2. The van der Waals surface area contributed by atoms with Crippen LogP contribution in [0.5, 0.6) is 0 Å². The molecule has 0 unspecified atom stereocenters. The van der Waals surface area contributed by atoms with Crippen LogP contribution in [0.3, 0.4) is 0 Å². The molecule has 90 valence electrons. The Morgan fingerprint density at radius 2 is 2.38 bits per heavy atom. The van der Waals surface area contributed by atoms with Crippen molar-refractivity contribution < 1.29 is 9.63 Å². The molecule has 2 aliphatic rings. The minimum Gasteiger partial charge on any atom is -0.313 e.